The van der Waals surface area contributed by atoms with Crippen molar-refractivity contribution in [1.29, 1.82) is 0 Å². The molecule has 3 rings (SSSR count). The van der Waals surface area contributed by atoms with Gasteiger partial charge in [0, 0.05) is 4.47 Å². The lowest BCUT2D eigenvalue weighted by atomic mass is 10.3. The van der Waals surface area contributed by atoms with Crippen LogP contribution in [0.2, 0.25) is 0 Å². The molecule has 0 aliphatic carbocycles. The van der Waals surface area contributed by atoms with E-state index in [4.69, 9.17) is 6.42 Å². The molecule has 7 heteroatoms. The molecule has 6 nitrogen and oxygen atoms in total. The zero-order valence-corrected chi connectivity index (χ0v) is 11.8. The summed E-state index contributed by atoms with van der Waals surface area (Å²) in [6.45, 7) is 0.160. The van der Waals surface area contributed by atoms with Crippen LogP contribution in [0.25, 0.3) is 16.9 Å². The maximum Gasteiger partial charge on any atom is 0.284 e. The molecule has 0 N–H and O–H groups in total. The quantitative estimate of drug-likeness (QED) is 0.666. The second kappa shape index (κ2) is 4.90. The monoisotopic (exact) mass is 329 g/mol. The Morgan fingerprint density at radius 2 is 2.05 bits per heavy atom. The molecule has 20 heavy (non-hydrogen) atoms. The van der Waals surface area contributed by atoms with Crippen molar-refractivity contribution in [2.75, 3.05) is 0 Å². The molecular weight excluding hydrogens is 322 g/mol. The van der Waals surface area contributed by atoms with E-state index in [1.807, 2.05) is 24.3 Å². The minimum Gasteiger partial charge on any atom is -0.285 e. The highest BCUT2D eigenvalue weighted by Crippen LogP contribution is 2.15. The molecule has 0 spiro atoms. The lowest BCUT2D eigenvalue weighted by molar-refractivity contribution is 0.778. The number of hydrogen-bond acceptors (Lipinski definition) is 4. The van der Waals surface area contributed by atoms with Gasteiger partial charge < -0.3 is 0 Å². The van der Waals surface area contributed by atoms with Crippen molar-refractivity contribution >= 4 is 27.1 Å². The van der Waals surface area contributed by atoms with E-state index in [1.54, 1.807) is 0 Å². The van der Waals surface area contributed by atoms with E-state index >= 15 is 0 Å². The van der Waals surface area contributed by atoms with Crippen molar-refractivity contribution in [3.05, 3.63) is 45.4 Å². The van der Waals surface area contributed by atoms with E-state index in [2.05, 4.69) is 37.1 Å². The van der Waals surface area contributed by atoms with E-state index < -0.39 is 0 Å². The number of rotatable bonds is 2. The largest absolute Gasteiger partial charge is 0.285 e. The zero-order chi connectivity index (χ0) is 14.1. The van der Waals surface area contributed by atoms with Crippen LogP contribution in [0.15, 0.2) is 39.9 Å². The summed E-state index contributed by atoms with van der Waals surface area (Å²) in [6, 6.07) is 7.46. The van der Waals surface area contributed by atoms with Gasteiger partial charge in [-0.3, -0.25) is 9.36 Å². The Hall–Kier alpha value is -2.46. The topological polar surface area (TPSA) is 65.6 Å². The third-order valence-electron chi connectivity index (χ3n) is 2.76. The first-order valence-electron chi connectivity index (χ1n) is 5.71. The maximum atomic E-state index is 12.1. The Labute approximate surface area is 122 Å². The summed E-state index contributed by atoms with van der Waals surface area (Å²) in [6.07, 6.45) is 6.61. The Balaban J connectivity index is 2.20. The van der Waals surface area contributed by atoms with Gasteiger partial charge in [0.2, 0.25) is 0 Å². The fourth-order valence-electron chi connectivity index (χ4n) is 1.81. The fraction of sp³-hybridized carbons (Fsp3) is 0.0769. The van der Waals surface area contributed by atoms with Crippen molar-refractivity contribution < 1.29 is 0 Å². The van der Waals surface area contributed by atoms with Crippen LogP contribution in [0.4, 0.5) is 0 Å². The smallest absolute Gasteiger partial charge is 0.284 e. The van der Waals surface area contributed by atoms with E-state index in [0.717, 1.165) is 10.2 Å². The number of aromatic nitrogens is 5. The van der Waals surface area contributed by atoms with Crippen LogP contribution < -0.4 is 5.56 Å². The van der Waals surface area contributed by atoms with E-state index in [1.165, 1.54) is 15.6 Å². The number of nitrogens with zero attached hydrogens (tertiary/aromatic N) is 5. The van der Waals surface area contributed by atoms with Crippen LogP contribution in [-0.4, -0.2) is 24.5 Å². The Kier molecular flexibility index (Phi) is 3.08. The van der Waals surface area contributed by atoms with Gasteiger partial charge in [-0.1, -0.05) is 27.1 Å². The van der Waals surface area contributed by atoms with Gasteiger partial charge in [0.15, 0.2) is 11.2 Å². The molecule has 2 aromatic heterocycles. The number of benzene rings is 1. The van der Waals surface area contributed by atoms with E-state index in [9.17, 15) is 4.79 Å². The van der Waals surface area contributed by atoms with Crippen LogP contribution in [0, 0.1) is 12.3 Å². The fourth-order valence-corrected chi connectivity index (χ4v) is 2.08. The second-order valence-corrected chi connectivity index (χ2v) is 4.95. The molecule has 3 aromatic rings. The normalized spacial score (nSPS) is 10.6. The summed E-state index contributed by atoms with van der Waals surface area (Å²) in [7, 11) is 0. The highest BCUT2D eigenvalue weighted by atomic mass is 79.9. The van der Waals surface area contributed by atoms with Crippen molar-refractivity contribution in [1.82, 2.24) is 24.5 Å². The number of terminal acetylenes is 1. The van der Waals surface area contributed by atoms with Crippen molar-refractivity contribution in [3.8, 4) is 18.0 Å². The van der Waals surface area contributed by atoms with Crippen LogP contribution in [-0.2, 0) is 6.54 Å². The van der Waals surface area contributed by atoms with Gasteiger partial charge in [-0.15, -0.1) is 11.5 Å². The van der Waals surface area contributed by atoms with Gasteiger partial charge in [-0.2, -0.15) is 4.68 Å². The van der Waals surface area contributed by atoms with Gasteiger partial charge in [0.25, 0.3) is 5.56 Å². The molecule has 0 unspecified atom stereocenters. The molecule has 0 bridgehead atoms. The number of fused-ring (bicyclic) bond motifs is 1. The highest BCUT2D eigenvalue weighted by Gasteiger charge is 2.12. The molecule has 0 amide bonds. The summed E-state index contributed by atoms with van der Waals surface area (Å²) in [4.78, 5) is 16.3. The summed E-state index contributed by atoms with van der Waals surface area (Å²) in [5.41, 5.74) is 1.09. The van der Waals surface area contributed by atoms with Crippen molar-refractivity contribution in [3.63, 3.8) is 0 Å². The van der Waals surface area contributed by atoms with Gasteiger partial charge in [-0.25, -0.2) is 4.98 Å². The van der Waals surface area contributed by atoms with E-state index in [-0.39, 0.29) is 17.6 Å². The molecule has 0 saturated carbocycles. The molecular formula is C13H8BrN5O. The number of hydrogen-bond donors (Lipinski definition) is 0. The number of halogens is 1. The van der Waals surface area contributed by atoms with Gasteiger partial charge >= 0.3 is 0 Å². The summed E-state index contributed by atoms with van der Waals surface area (Å²) >= 11 is 3.36. The minimum absolute atomic E-state index is 0.160. The highest BCUT2D eigenvalue weighted by molar-refractivity contribution is 9.10. The Bertz CT molecular complexity index is 872. The average Bonchev–Trinajstić information content (AvgIpc) is 2.88. The van der Waals surface area contributed by atoms with Crippen LogP contribution in [0.1, 0.15) is 0 Å². The predicted octanol–water partition coefficient (Wildman–Crippen LogP) is 1.37. The summed E-state index contributed by atoms with van der Waals surface area (Å²) in [5.74, 6) is 2.40. The van der Waals surface area contributed by atoms with E-state index in [0.29, 0.717) is 5.65 Å². The van der Waals surface area contributed by atoms with Gasteiger partial charge in [0.05, 0.1) is 12.2 Å². The average molecular weight is 330 g/mol. The molecule has 2 heterocycles. The Morgan fingerprint density at radius 1 is 1.30 bits per heavy atom. The SMILES string of the molecule is C#CCn1cnc2c(nnn2-c2ccc(Br)cc2)c1=O. The predicted molar refractivity (Wildman–Crippen MR) is 77.5 cm³/mol. The maximum absolute atomic E-state index is 12.1. The summed E-state index contributed by atoms with van der Waals surface area (Å²) < 4.78 is 3.79. The molecule has 1 aromatic carbocycles. The first-order chi connectivity index (χ1) is 9.70. The second-order valence-electron chi connectivity index (χ2n) is 4.03. The lowest BCUT2D eigenvalue weighted by Crippen LogP contribution is -2.20. The molecule has 98 valence electrons. The van der Waals surface area contributed by atoms with Crippen molar-refractivity contribution in [2.45, 2.75) is 6.54 Å². The third-order valence-corrected chi connectivity index (χ3v) is 3.29. The molecule has 0 saturated heterocycles. The first-order valence-corrected chi connectivity index (χ1v) is 6.50. The molecule has 0 radical (unpaired) electrons. The Morgan fingerprint density at radius 3 is 2.75 bits per heavy atom. The van der Waals surface area contributed by atoms with Crippen LogP contribution in [0.3, 0.4) is 0 Å². The van der Waals surface area contributed by atoms with Crippen LogP contribution in [0.5, 0.6) is 0 Å². The van der Waals surface area contributed by atoms with Gasteiger partial charge in [0.1, 0.15) is 6.33 Å². The first kappa shape index (κ1) is 12.6. The summed E-state index contributed by atoms with van der Waals surface area (Å²) in [5, 5.41) is 7.88. The van der Waals surface area contributed by atoms with Gasteiger partial charge in [-0.05, 0) is 24.3 Å². The standard InChI is InChI=1S/C13H8BrN5O/c1-2-7-18-8-15-12-11(13(18)20)16-17-19(12)10-5-3-9(14)4-6-10/h1,3-6,8H,7H2. The van der Waals surface area contributed by atoms with Crippen LogP contribution >= 0.6 is 15.9 Å². The van der Waals surface area contributed by atoms with Crippen molar-refractivity contribution in [2.24, 2.45) is 0 Å². The third kappa shape index (κ3) is 2.00. The molecule has 0 aliphatic heterocycles. The molecule has 0 fully saturated rings. The lowest BCUT2D eigenvalue weighted by Gasteiger charge is -2.02. The molecule has 0 aliphatic rings. The zero-order valence-electron chi connectivity index (χ0n) is 10.2. The minimum atomic E-state index is -0.295. The molecule has 0 atom stereocenters.